The fraction of sp³-hybridized carbons (Fsp3) is 0.550. The number of nitrogens with zero attached hydrogens (tertiary/aromatic N) is 5. The van der Waals surface area contributed by atoms with Crippen molar-refractivity contribution in [1.82, 2.24) is 15.0 Å². The van der Waals surface area contributed by atoms with Crippen LogP contribution in [0.25, 0.3) is 11.3 Å². The summed E-state index contributed by atoms with van der Waals surface area (Å²) in [6.45, 7) is 7.12. The van der Waals surface area contributed by atoms with Crippen molar-refractivity contribution in [3.8, 4) is 11.3 Å². The lowest BCUT2D eigenvalue weighted by Gasteiger charge is -2.37. The Balaban J connectivity index is 1.86. The molecule has 11 heteroatoms. The van der Waals surface area contributed by atoms with Crippen LogP contribution in [-0.2, 0) is 15.7 Å². The van der Waals surface area contributed by atoms with Crippen LogP contribution in [0.2, 0.25) is 0 Å². The number of morpholine rings is 2. The molecule has 168 valence electrons. The Morgan fingerprint density at radius 3 is 2.26 bits per heavy atom. The van der Waals surface area contributed by atoms with Gasteiger partial charge in [-0.25, -0.2) is 9.97 Å². The Bertz CT molecular complexity index is 901. The molecule has 2 fully saturated rings. The molecule has 0 saturated carbocycles. The molecule has 2 aliphatic rings. The standard InChI is InChI=1S/C20H25F3N6O2/c1-12-10-30-5-3-28(12)18-8-16(14-9-25-17(24)7-15(14)20(21,22)23)26-19(27-18)29-4-6-31-11-13(29)2/h7-9,12-13H,3-6,10-11H2,1-2H3,(H2,24,25)/t12-,13?/m1/s1. The predicted molar refractivity (Wildman–Crippen MR) is 110 cm³/mol. The number of halogens is 3. The van der Waals surface area contributed by atoms with E-state index in [4.69, 9.17) is 20.2 Å². The van der Waals surface area contributed by atoms with Crippen LogP contribution in [0.15, 0.2) is 18.3 Å². The van der Waals surface area contributed by atoms with Gasteiger partial charge in [-0.05, 0) is 19.9 Å². The fourth-order valence-corrected chi connectivity index (χ4v) is 3.84. The van der Waals surface area contributed by atoms with E-state index >= 15 is 0 Å². The molecule has 0 radical (unpaired) electrons. The van der Waals surface area contributed by atoms with Crippen molar-refractivity contribution in [2.75, 3.05) is 55.1 Å². The summed E-state index contributed by atoms with van der Waals surface area (Å²) in [6, 6.07) is 2.44. The van der Waals surface area contributed by atoms with Crippen molar-refractivity contribution in [1.29, 1.82) is 0 Å². The van der Waals surface area contributed by atoms with Gasteiger partial charge in [-0.3, -0.25) is 0 Å². The van der Waals surface area contributed by atoms with E-state index < -0.39 is 11.7 Å². The molecule has 2 atom stereocenters. The van der Waals surface area contributed by atoms with Crippen LogP contribution >= 0.6 is 0 Å². The number of alkyl halides is 3. The zero-order valence-corrected chi connectivity index (χ0v) is 17.4. The van der Waals surface area contributed by atoms with E-state index in [2.05, 4.69) is 9.97 Å². The number of anilines is 3. The molecule has 0 amide bonds. The van der Waals surface area contributed by atoms with Gasteiger partial charge in [0.05, 0.1) is 49.8 Å². The average Bonchev–Trinajstić information content (AvgIpc) is 2.73. The summed E-state index contributed by atoms with van der Waals surface area (Å²) in [6.07, 6.45) is -3.48. The van der Waals surface area contributed by atoms with Crippen LogP contribution < -0.4 is 15.5 Å². The number of hydrogen-bond donors (Lipinski definition) is 1. The summed E-state index contributed by atoms with van der Waals surface area (Å²) in [5.41, 5.74) is 4.69. The summed E-state index contributed by atoms with van der Waals surface area (Å²) >= 11 is 0. The first kappa shape index (κ1) is 21.6. The van der Waals surface area contributed by atoms with Crippen LogP contribution in [0.4, 0.5) is 30.8 Å². The van der Waals surface area contributed by atoms with Gasteiger partial charge in [-0.15, -0.1) is 0 Å². The highest BCUT2D eigenvalue weighted by molar-refractivity contribution is 5.69. The SMILES string of the molecule is CC1COCCN1c1nc(-c2cnc(N)cc2C(F)(F)F)cc(N2CCOC[C@H]2C)n1. The van der Waals surface area contributed by atoms with Gasteiger partial charge >= 0.3 is 6.18 Å². The zero-order valence-electron chi connectivity index (χ0n) is 17.4. The number of aromatic nitrogens is 3. The Labute approximate surface area is 178 Å². The number of pyridine rings is 1. The first-order valence-corrected chi connectivity index (χ1v) is 10.1. The molecule has 4 rings (SSSR count). The zero-order chi connectivity index (χ0) is 22.2. The lowest BCUT2D eigenvalue weighted by molar-refractivity contribution is -0.137. The average molecular weight is 438 g/mol. The number of nitrogen functional groups attached to an aromatic ring is 1. The van der Waals surface area contributed by atoms with Crippen LogP contribution in [0.5, 0.6) is 0 Å². The molecular formula is C20H25F3N6O2. The molecule has 31 heavy (non-hydrogen) atoms. The lowest BCUT2D eigenvalue weighted by Crippen LogP contribution is -2.46. The van der Waals surface area contributed by atoms with Gasteiger partial charge < -0.3 is 25.0 Å². The Morgan fingerprint density at radius 1 is 1.00 bits per heavy atom. The third kappa shape index (κ3) is 4.52. The lowest BCUT2D eigenvalue weighted by atomic mass is 10.1. The summed E-state index contributed by atoms with van der Waals surface area (Å²) in [5, 5.41) is 0. The maximum absolute atomic E-state index is 13.8. The molecule has 2 aromatic heterocycles. The van der Waals surface area contributed by atoms with E-state index in [-0.39, 0.29) is 29.2 Å². The monoisotopic (exact) mass is 438 g/mol. The highest BCUT2D eigenvalue weighted by Crippen LogP contribution is 2.38. The third-order valence-electron chi connectivity index (χ3n) is 5.49. The van der Waals surface area contributed by atoms with Crippen molar-refractivity contribution in [3.63, 3.8) is 0 Å². The smallest absolute Gasteiger partial charge is 0.384 e. The van der Waals surface area contributed by atoms with Gasteiger partial charge in [0, 0.05) is 30.9 Å². The Morgan fingerprint density at radius 2 is 1.65 bits per heavy atom. The second-order valence-electron chi connectivity index (χ2n) is 7.80. The normalized spacial score (nSPS) is 22.6. The van der Waals surface area contributed by atoms with Gasteiger partial charge in [-0.2, -0.15) is 18.2 Å². The van der Waals surface area contributed by atoms with Crippen molar-refractivity contribution in [3.05, 3.63) is 23.9 Å². The molecule has 2 N–H and O–H groups in total. The van der Waals surface area contributed by atoms with E-state index in [9.17, 15) is 13.2 Å². The van der Waals surface area contributed by atoms with E-state index in [0.717, 1.165) is 12.3 Å². The van der Waals surface area contributed by atoms with Crippen LogP contribution in [0.1, 0.15) is 19.4 Å². The minimum absolute atomic E-state index is 0.00871. The molecular weight excluding hydrogens is 413 g/mol. The van der Waals surface area contributed by atoms with Crippen molar-refractivity contribution >= 4 is 17.6 Å². The first-order chi connectivity index (χ1) is 14.7. The molecule has 0 aliphatic carbocycles. The minimum Gasteiger partial charge on any atom is -0.384 e. The van der Waals surface area contributed by atoms with Gasteiger partial charge in [0.1, 0.15) is 11.6 Å². The first-order valence-electron chi connectivity index (χ1n) is 10.1. The number of rotatable bonds is 3. The topological polar surface area (TPSA) is 89.6 Å². The van der Waals surface area contributed by atoms with E-state index in [1.807, 2.05) is 23.6 Å². The summed E-state index contributed by atoms with van der Waals surface area (Å²) < 4.78 is 52.3. The molecule has 8 nitrogen and oxygen atoms in total. The molecule has 2 aromatic rings. The van der Waals surface area contributed by atoms with Gasteiger partial charge in [-0.1, -0.05) is 0 Å². The largest absolute Gasteiger partial charge is 0.417 e. The molecule has 0 spiro atoms. The van der Waals surface area contributed by atoms with Gasteiger partial charge in [0.25, 0.3) is 0 Å². The van der Waals surface area contributed by atoms with Crippen LogP contribution in [-0.4, -0.2) is 66.6 Å². The van der Waals surface area contributed by atoms with Gasteiger partial charge in [0.15, 0.2) is 0 Å². The molecule has 2 aliphatic heterocycles. The molecule has 0 bridgehead atoms. The second-order valence-corrected chi connectivity index (χ2v) is 7.80. The number of nitrogens with two attached hydrogens (primary N) is 1. The van der Waals surface area contributed by atoms with E-state index in [1.165, 1.54) is 0 Å². The summed E-state index contributed by atoms with van der Waals surface area (Å²) in [5.74, 6) is 0.723. The Kier molecular flexibility index (Phi) is 5.89. The molecule has 0 aromatic carbocycles. The summed E-state index contributed by atoms with van der Waals surface area (Å²) in [7, 11) is 0. The highest BCUT2D eigenvalue weighted by atomic mass is 19.4. The predicted octanol–water partition coefficient (Wildman–Crippen LogP) is 2.59. The van der Waals surface area contributed by atoms with Crippen molar-refractivity contribution in [2.45, 2.75) is 32.1 Å². The number of ether oxygens (including phenoxy) is 2. The fourth-order valence-electron chi connectivity index (χ4n) is 3.84. The van der Waals surface area contributed by atoms with Crippen LogP contribution in [0, 0.1) is 0 Å². The molecule has 1 unspecified atom stereocenters. The van der Waals surface area contributed by atoms with Crippen molar-refractivity contribution in [2.24, 2.45) is 0 Å². The van der Waals surface area contributed by atoms with E-state index in [1.54, 1.807) is 6.07 Å². The number of hydrogen-bond acceptors (Lipinski definition) is 8. The van der Waals surface area contributed by atoms with Gasteiger partial charge in [0.2, 0.25) is 5.95 Å². The van der Waals surface area contributed by atoms with E-state index in [0.29, 0.717) is 51.3 Å². The maximum atomic E-state index is 13.8. The quantitative estimate of drug-likeness (QED) is 0.782. The molecule has 4 heterocycles. The minimum atomic E-state index is -4.60. The second kappa shape index (κ2) is 8.46. The summed E-state index contributed by atoms with van der Waals surface area (Å²) in [4.78, 5) is 17.1. The highest BCUT2D eigenvalue weighted by Gasteiger charge is 2.35. The van der Waals surface area contributed by atoms with Crippen LogP contribution in [0.3, 0.4) is 0 Å². The molecule has 2 saturated heterocycles. The Hall–Kier alpha value is -2.66. The van der Waals surface area contributed by atoms with Crippen molar-refractivity contribution < 1.29 is 22.6 Å². The maximum Gasteiger partial charge on any atom is 0.417 e. The third-order valence-corrected chi connectivity index (χ3v) is 5.49.